The van der Waals surface area contributed by atoms with Crippen molar-refractivity contribution in [3.8, 4) is 0 Å². The molecule has 3 heterocycles. The molecule has 1 aliphatic rings. The molecule has 7 heteroatoms. The molecule has 1 fully saturated rings. The van der Waals surface area contributed by atoms with Crippen LogP contribution in [0, 0.1) is 5.92 Å². The molecule has 142 valence electrons. The van der Waals surface area contributed by atoms with Crippen molar-refractivity contribution in [3.63, 3.8) is 0 Å². The molecule has 1 saturated heterocycles. The fraction of sp³-hybridized carbons (Fsp3) is 0.450. The van der Waals surface area contributed by atoms with Gasteiger partial charge in [0.15, 0.2) is 0 Å². The zero-order valence-corrected chi connectivity index (χ0v) is 16.3. The van der Waals surface area contributed by atoms with Gasteiger partial charge in [-0.1, -0.05) is 12.1 Å². The molecule has 0 atom stereocenters. The summed E-state index contributed by atoms with van der Waals surface area (Å²) in [4.78, 5) is 23.1. The van der Waals surface area contributed by atoms with E-state index in [-0.39, 0.29) is 6.09 Å². The van der Waals surface area contributed by atoms with E-state index >= 15 is 0 Å². The van der Waals surface area contributed by atoms with Crippen molar-refractivity contribution < 1.29 is 9.53 Å². The highest BCUT2D eigenvalue weighted by Crippen LogP contribution is 2.25. The van der Waals surface area contributed by atoms with E-state index in [0.717, 1.165) is 61.4 Å². The van der Waals surface area contributed by atoms with Gasteiger partial charge in [0, 0.05) is 24.9 Å². The van der Waals surface area contributed by atoms with Crippen LogP contribution < -0.4 is 0 Å². The van der Waals surface area contributed by atoms with Crippen LogP contribution in [-0.4, -0.2) is 45.2 Å². The van der Waals surface area contributed by atoms with E-state index in [1.807, 2.05) is 23.4 Å². The number of thiazole rings is 1. The summed E-state index contributed by atoms with van der Waals surface area (Å²) in [6.07, 6.45) is 2.71. The monoisotopic (exact) mass is 384 g/mol. The molecule has 3 aromatic rings. The van der Waals surface area contributed by atoms with Crippen LogP contribution in [0.5, 0.6) is 0 Å². The van der Waals surface area contributed by atoms with Crippen LogP contribution in [0.2, 0.25) is 0 Å². The zero-order valence-electron chi connectivity index (χ0n) is 15.5. The maximum atomic E-state index is 11.9. The third-order valence-corrected chi connectivity index (χ3v) is 5.78. The maximum Gasteiger partial charge on any atom is 0.409 e. The Morgan fingerprint density at radius 3 is 2.85 bits per heavy atom. The average Bonchev–Trinajstić information content (AvgIpc) is 3.31. The first-order valence-electron chi connectivity index (χ1n) is 9.47. The van der Waals surface area contributed by atoms with Crippen molar-refractivity contribution in [2.24, 2.45) is 5.92 Å². The fourth-order valence-corrected chi connectivity index (χ4v) is 4.28. The lowest BCUT2D eigenvalue weighted by atomic mass is 9.93. The van der Waals surface area contributed by atoms with Crippen LogP contribution in [0.1, 0.15) is 31.3 Å². The molecule has 0 bridgehead atoms. The van der Waals surface area contributed by atoms with E-state index in [9.17, 15) is 4.79 Å². The van der Waals surface area contributed by atoms with Gasteiger partial charge in [0.1, 0.15) is 5.82 Å². The number of benzene rings is 1. The van der Waals surface area contributed by atoms with Crippen molar-refractivity contribution in [1.29, 1.82) is 0 Å². The van der Waals surface area contributed by atoms with E-state index < -0.39 is 0 Å². The van der Waals surface area contributed by atoms with Gasteiger partial charge in [-0.25, -0.2) is 14.8 Å². The molecule has 27 heavy (non-hydrogen) atoms. The van der Waals surface area contributed by atoms with E-state index in [2.05, 4.69) is 33.1 Å². The van der Waals surface area contributed by atoms with Gasteiger partial charge in [0.25, 0.3) is 0 Å². The number of aromatic nitrogens is 3. The fourth-order valence-electron chi connectivity index (χ4n) is 3.73. The standard InChI is InChI=1S/C20H24N4O2S/c1-2-26-20(25)23-9-7-15(8-10-23)11-19-22-17-5-3-4-6-18(17)24(19)12-16-13-27-14-21-16/h3-6,13-15H,2,7-12H2,1H3. The first kappa shape index (κ1) is 18.0. The normalized spacial score (nSPS) is 15.4. The van der Waals surface area contributed by atoms with Crippen molar-refractivity contribution in [1.82, 2.24) is 19.4 Å². The molecule has 1 aliphatic heterocycles. The quantitative estimate of drug-likeness (QED) is 0.668. The predicted octanol–water partition coefficient (Wildman–Crippen LogP) is 3.95. The smallest absolute Gasteiger partial charge is 0.409 e. The number of amides is 1. The summed E-state index contributed by atoms with van der Waals surface area (Å²) in [5.74, 6) is 1.64. The number of rotatable bonds is 5. The molecule has 1 aromatic carbocycles. The van der Waals surface area contributed by atoms with Gasteiger partial charge in [-0.2, -0.15) is 0 Å². The predicted molar refractivity (Wildman–Crippen MR) is 106 cm³/mol. The number of piperidine rings is 1. The van der Waals surface area contributed by atoms with Crippen LogP contribution in [0.25, 0.3) is 11.0 Å². The molecular weight excluding hydrogens is 360 g/mol. The molecule has 6 nitrogen and oxygen atoms in total. The number of carbonyl (C=O) groups is 1. The van der Waals surface area contributed by atoms with E-state index in [1.165, 1.54) is 0 Å². The Labute approximate surface area is 162 Å². The Hall–Kier alpha value is -2.41. The minimum atomic E-state index is -0.188. The highest BCUT2D eigenvalue weighted by molar-refractivity contribution is 7.07. The SMILES string of the molecule is CCOC(=O)N1CCC(Cc2nc3ccccc3n2Cc2cscn2)CC1. The first-order valence-corrected chi connectivity index (χ1v) is 10.4. The Bertz CT molecular complexity index is 898. The Morgan fingerprint density at radius 1 is 1.30 bits per heavy atom. The highest BCUT2D eigenvalue weighted by atomic mass is 32.1. The minimum absolute atomic E-state index is 0.188. The van der Waals surface area contributed by atoms with Gasteiger partial charge in [-0.15, -0.1) is 11.3 Å². The second kappa shape index (κ2) is 8.08. The van der Waals surface area contributed by atoms with Crippen LogP contribution in [0.3, 0.4) is 0 Å². The Morgan fingerprint density at radius 2 is 2.11 bits per heavy atom. The summed E-state index contributed by atoms with van der Waals surface area (Å²) < 4.78 is 7.41. The number of ether oxygens (including phenoxy) is 1. The first-order chi connectivity index (χ1) is 13.2. The number of nitrogens with zero attached hydrogens (tertiary/aromatic N) is 4. The number of hydrogen-bond acceptors (Lipinski definition) is 5. The second-order valence-corrected chi connectivity index (χ2v) is 7.63. The van der Waals surface area contributed by atoms with Gasteiger partial charge in [0.05, 0.1) is 35.4 Å². The van der Waals surface area contributed by atoms with Crippen molar-refractivity contribution in [3.05, 3.63) is 46.7 Å². The van der Waals surface area contributed by atoms with Crippen LogP contribution in [-0.2, 0) is 17.7 Å². The summed E-state index contributed by atoms with van der Waals surface area (Å²) in [7, 11) is 0. The third kappa shape index (κ3) is 3.98. The van der Waals surface area contributed by atoms with Crippen LogP contribution in [0.4, 0.5) is 4.79 Å². The van der Waals surface area contributed by atoms with Crippen molar-refractivity contribution >= 4 is 28.5 Å². The molecule has 0 aliphatic carbocycles. The van der Waals surface area contributed by atoms with Gasteiger partial charge in [-0.3, -0.25) is 0 Å². The van der Waals surface area contributed by atoms with Crippen LogP contribution in [0.15, 0.2) is 35.2 Å². The maximum absolute atomic E-state index is 11.9. The van der Waals surface area contributed by atoms with Gasteiger partial charge >= 0.3 is 6.09 Å². The number of fused-ring (bicyclic) bond motifs is 1. The molecule has 0 radical (unpaired) electrons. The number of carbonyl (C=O) groups excluding carboxylic acids is 1. The largest absolute Gasteiger partial charge is 0.450 e. The lowest BCUT2D eigenvalue weighted by Gasteiger charge is -2.31. The van der Waals surface area contributed by atoms with E-state index in [0.29, 0.717) is 12.5 Å². The van der Waals surface area contributed by atoms with Gasteiger partial charge in [-0.05, 0) is 37.8 Å². The van der Waals surface area contributed by atoms with Crippen molar-refractivity contribution in [2.75, 3.05) is 19.7 Å². The summed E-state index contributed by atoms with van der Waals surface area (Å²) >= 11 is 1.62. The zero-order chi connectivity index (χ0) is 18.6. The molecule has 0 N–H and O–H groups in total. The second-order valence-electron chi connectivity index (χ2n) is 6.92. The molecule has 4 rings (SSSR count). The lowest BCUT2D eigenvalue weighted by molar-refractivity contribution is 0.0916. The summed E-state index contributed by atoms with van der Waals surface area (Å²) in [5.41, 5.74) is 5.14. The molecule has 1 amide bonds. The topological polar surface area (TPSA) is 60.2 Å². The number of hydrogen-bond donors (Lipinski definition) is 0. The summed E-state index contributed by atoms with van der Waals surface area (Å²) in [6.45, 7) is 4.55. The summed E-state index contributed by atoms with van der Waals surface area (Å²) in [5, 5.41) is 2.09. The van der Waals surface area contributed by atoms with Gasteiger partial charge < -0.3 is 14.2 Å². The average molecular weight is 385 g/mol. The molecule has 2 aromatic heterocycles. The Balaban J connectivity index is 1.50. The minimum Gasteiger partial charge on any atom is -0.450 e. The number of para-hydroxylation sites is 2. The Kier molecular flexibility index (Phi) is 5.38. The molecular formula is C20H24N4O2S. The van der Waals surface area contributed by atoms with E-state index in [4.69, 9.17) is 9.72 Å². The highest BCUT2D eigenvalue weighted by Gasteiger charge is 2.25. The van der Waals surface area contributed by atoms with Gasteiger partial charge in [0.2, 0.25) is 0 Å². The van der Waals surface area contributed by atoms with Crippen LogP contribution >= 0.6 is 11.3 Å². The third-order valence-electron chi connectivity index (χ3n) is 5.15. The summed E-state index contributed by atoms with van der Waals surface area (Å²) in [6, 6.07) is 8.29. The molecule has 0 saturated carbocycles. The molecule has 0 spiro atoms. The number of imidazole rings is 1. The lowest BCUT2D eigenvalue weighted by Crippen LogP contribution is -2.39. The van der Waals surface area contributed by atoms with E-state index in [1.54, 1.807) is 11.3 Å². The van der Waals surface area contributed by atoms with Crippen molar-refractivity contribution in [2.45, 2.75) is 32.7 Å². The number of likely N-dealkylation sites (tertiary alicyclic amines) is 1. The molecule has 0 unspecified atom stereocenters.